The van der Waals surface area contributed by atoms with E-state index in [2.05, 4.69) is 10.3 Å². The van der Waals surface area contributed by atoms with Crippen LogP contribution in [0.3, 0.4) is 0 Å². The summed E-state index contributed by atoms with van der Waals surface area (Å²) in [7, 11) is 1.55. The van der Waals surface area contributed by atoms with Crippen LogP contribution in [-0.2, 0) is 11.2 Å². The van der Waals surface area contributed by atoms with Crippen LogP contribution >= 0.6 is 0 Å². The summed E-state index contributed by atoms with van der Waals surface area (Å²) >= 11 is 0. The number of hydrogen-bond donors (Lipinski definition) is 2. The number of para-hydroxylation sites is 2. The van der Waals surface area contributed by atoms with Crippen molar-refractivity contribution in [2.75, 3.05) is 20.3 Å². The SMILES string of the molecule is COc1ccccc1OCC(=O)NCCc1c[nH]c2cc(F)ccc12. The highest BCUT2D eigenvalue weighted by Gasteiger charge is 2.08. The van der Waals surface area contributed by atoms with Crippen LogP contribution in [0.25, 0.3) is 10.9 Å². The lowest BCUT2D eigenvalue weighted by Gasteiger charge is -2.10. The number of halogens is 1. The second-order valence-corrected chi connectivity index (χ2v) is 5.54. The van der Waals surface area contributed by atoms with Crippen molar-refractivity contribution in [1.82, 2.24) is 10.3 Å². The molecule has 1 aromatic heterocycles. The Kier molecular flexibility index (Phi) is 5.18. The quantitative estimate of drug-likeness (QED) is 0.694. The van der Waals surface area contributed by atoms with Gasteiger partial charge in [-0.15, -0.1) is 0 Å². The summed E-state index contributed by atoms with van der Waals surface area (Å²) in [6, 6.07) is 11.8. The van der Waals surface area contributed by atoms with Crippen LogP contribution in [0.15, 0.2) is 48.7 Å². The van der Waals surface area contributed by atoms with Gasteiger partial charge in [0.1, 0.15) is 5.82 Å². The molecule has 2 N–H and O–H groups in total. The monoisotopic (exact) mass is 342 g/mol. The van der Waals surface area contributed by atoms with E-state index >= 15 is 0 Å². The van der Waals surface area contributed by atoms with Crippen molar-refractivity contribution < 1.29 is 18.7 Å². The molecule has 25 heavy (non-hydrogen) atoms. The molecule has 0 atom stereocenters. The summed E-state index contributed by atoms with van der Waals surface area (Å²) in [6.07, 6.45) is 2.48. The van der Waals surface area contributed by atoms with E-state index in [1.54, 1.807) is 25.3 Å². The van der Waals surface area contributed by atoms with E-state index in [9.17, 15) is 9.18 Å². The highest BCUT2D eigenvalue weighted by molar-refractivity contribution is 5.83. The van der Waals surface area contributed by atoms with Crippen LogP contribution in [0.1, 0.15) is 5.56 Å². The minimum absolute atomic E-state index is 0.0839. The molecular formula is C19H19FN2O3. The molecule has 0 saturated carbocycles. The number of methoxy groups -OCH3 is 1. The number of ether oxygens (including phenoxy) is 2. The summed E-state index contributed by atoms with van der Waals surface area (Å²) < 4.78 is 23.8. The number of hydrogen-bond acceptors (Lipinski definition) is 3. The molecule has 0 aliphatic carbocycles. The van der Waals surface area contributed by atoms with Crippen molar-refractivity contribution in [1.29, 1.82) is 0 Å². The van der Waals surface area contributed by atoms with Gasteiger partial charge < -0.3 is 19.8 Å². The Labute approximate surface area is 144 Å². The fourth-order valence-electron chi connectivity index (χ4n) is 2.63. The van der Waals surface area contributed by atoms with E-state index in [0.717, 1.165) is 16.5 Å². The van der Waals surface area contributed by atoms with Crippen LogP contribution in [0.4, 0.5) is 4.39 Å². The Morgan fingerprint density at radius 1 is 1.20 bits per heavy atom. The average molecular weight is 342 g/mol. The highest BCUT2D eigenvalue weighted by atomic mass is 19.1. The molecule has 0 unspecified atom stereocenters. The molecule has 1 amide bonds. The lowest BCUT2D eigenvalue weighted by molar-refractivity contribution is -0.123. The molecule has 130 valence electrons. The van der Waals surface area contributed by atoms with Crippen molar-refractivity contribution in [2.24, 2.45) is 0 Å². The Hall–Kier alpha value is -3.02. The maximum Gasteiger partial charge on any atom is 0.257 e. The number of carbonyl (C=O) groups is 1. The van der Waals surface area contributed by atoms with Crippen LogP contribution in [0, 0.1) is 5.82 Å². The lowest BCUT2D eigenvalue weighted by atomic mass is 10.1. The largest absolute Gasteiger partial charge is 0.493 e. The Morgan fingerprint density at radius 3 is 2.80 bits per heavy atom. The number of carbonyl (C=O) groups excluding carboxylic acids is 1. The van der Waals surface area contributed by atoms with Gasteiger partial charge in [-0.1, -0.05) is 12.1 Å². The zero-order valence-corrected chi connectivity index (χ0v) is 13.8. The maximum absolute atomic E-state index is 13.2. The van der Waals surface area contributed by atoms with Crippen LogP contribution < -0.4 is 14.8 Å². The molecule has 0 aliphatic heterocycles. The maximum atomic E-state index is 13.2. The van der Waals surface area contributed by atoms with E-state index in [4.69, 9.17) is 9.47 Å². The third kappa shape index (κ3) is 4.09. The zero-order chi connectivity index (χ0) is 17.6. The van der Waals surface area contributed by atoms with Crippen LogP contribution in [0.2, 0.25) is 0 Å². The van der Waals surface area contributed by atoms with Gasteiger partial charge in [0.25, 0.3) is 5.91 Å². The first-order valence-corrected chi connectivity index (χ1v) is 7.95. The van der Waals surface area contributed by atoms with Crippen molar-refractivity contribution >= 4 is 16.8 Å². The summed E-state index contributed by atoms with van der Waals surface area (Å²) in [6.45, 7) is 0.387. The fourth-order valence-corrected chi connectivity index (χ4v) is 2.63. The van der Waals surface area contributed by atoms with Gasteiger partial charge in [-0.2, -0.15) is 0 Å². The summed E-state index contributed by atoms with van der Waals surface area (Å²) in [5, 5.41) is 3.77. The van der Waals surface area contributed by atoms with Gasteiger partial charge in [-0.25, -0.2) is 4.39 Å². The topological polar surface area (TPSA) is 63.4 Å². The van der Waals surface area contributed by atoms with Crippen molar-refractivity contribution in [3.8, 4) is 11.5 Å². The van der Waals surface area contributed by atoms with E-state index < -0.39 is 0 Å². The summed E-state index contributed by atoms with van der Waals surface area (Å²) in [4.78, 5) is 15.0. The first-order chi connectivity index (χ1) is 12.2. The number of H-pyrrole nitrogens is 1. The Morgan fingerprint density at radius 2 is 2.00 bits per heavy atom. The standard InChI is InChI=1S/C19H19FN2O3/c1-24-17-4-2-3-5-18(17)25-12-19(23)21-9-8-13-11-22-16-10-14(20)6-7-15(13)16/h2-7,10-11,22H,8-9,12H2,1H3,(H,21,23). The molecular weight excluding hydrogens is 323 g/mol. The van der Waals surface area contributed by atoms with E-state index in [-0.39, 0.29) is 18.3 Å². The van der Waals surface area contributed by atoms with Crippen LogP contribution in [-0.4, -0.2) is 31.2 Å². The molecule has 3 rings (SSSR count). The minimum atomic E-state index is -0.275. The highest BCUT2D eigenvalue weighted by Crippen LogP contribution is 2.25. The fraction of sp³-hybridized carbons (Fsp3) is 0.211. The van der Waals surface area contributed by atoms with Gasteiger partial charge in [0.05, 0.1) is 7.11 Å². The number of amides is 1. The Bertz CT molecular complexity index is 876. The first-order valence-electron chi connectivity index (χ1n) is 7.95. The molecule has 5 nitrogen and oxygen atoms in total. The molecule has 0 aliphatic rings. The summed E-state index contributed by atoms with van der Waals surface area (Å²) in [5.74, 6) is 0.625. The number of aromatic amines is 1. The van der Waals surface area contributed by atoms with E-state index in [1.165, 1.54) is 12.1 Å². The average Bonchev–Trinajstić information content (AvgIpc) is 3.02. The third-order valence-corrected chi connectivity index (χ3v) is 3.87. The molecule has 0 bridgehead atoms. The Balaban J connectivity index is 1.49. The van der Waals surface area contributed by atoms with Crippen molar-refractivity contribution in [3.05, 3.63) is 60.0 Å². The van der Waals surface area contributed by atoms with Gasteiger partial charge in [-0.3, -0.25) is 4.79 Å². The van der Waals surface area contributed by atoms with E-state index in [0.29, 0.717) is 24.5 Å². The second kappa shape index (κ2) is 7.70. The van der Waals surface area contributed by atoms with Gasteiger partial charge in [0, 0.05) is 23.6 Å². The predicted octanol–water partition coefficient (Wildman–Crippen LogP) is 3.05. The molecule has 1 heterocycles. The number of benzene rings is 2. The second-order valence-electron chi connectivity index (χ2n) is 5.54. The first kappa shape index (κ1) is 16.8. The van der Waals surface area contributed by atoms with E-state index in [1.807, 2.05) is 18.3 Å². The van der Waals surface area contributed by atoms with Crippen molar-refractivity contribution in [2.45, 2.75) is 6.42 Å². The predicted molar refractivity (Wildman–Crippen MR) is 93.5 cm³/mol. The molecule has 6 heteroatoms. The molecule has 0 saturated heterocycles. The van der Waals surface area contributed by atoms with Gasteiger partial charge in [0.2, 0.25) is 0 Å². The smallest absolute Gasteiger partial charge is 0.257 e. The zero-order valence-electron chi connectivity index (χ0n) is 13.8. The third-order valence-electron chi connectivity index (χ3n) is 3.87. The number of fused-ring (bicyclic) bond motifs is 1. The molecule has 3 aromatic rings. The molecule has 0 fully saturated rings. The normalized spacial score (nSPS) is 10.6. The number of rotatable bonds is 7. The van der Waals surface area contributed by atoms with Gasteiger partial charge >= 0.3 is 0 Å². The van der Waals surface area contributed by atoms with Crippen molar-refractivity contribution in [3.63, 3.8) is 0 Å². The van der Waals surface area contributed by atoms with Gasteiger partial charge in [0.15, 0.2) is 18.1 Å². The molecule has 0 radical (unpaired) electrons. The van der Waals surface area contributed by atoms with Crippen LogP contribution in [0.5, 0.6) is 11.5 Å². The molecule has 2 aromatic carbocycles. The minimum Gasteiger partial charge on any atom is -0.493 e. The summed E-state index contributed by atoms with van der Waals surface area (Å²) in [5.41, 5.74) is 1.78. The lowest BCUT2D eigenvalue weighted by Crippen LogP contribution is -2.30. The number of aromatic nitrogens is 1. The van der Waals surface area contributed by atoms with Gasteiger partial charge in [-0.05, 0) is 42.3 Å². The molecule has 0 spiro atoms. The number of nitrogens with one attached hydrogen (secondary N) is 2.